The van der Waals surface area contributed by atoms with Gasteiger partial charge < -0.3 is 19.5 Å². The topological polar surface area (TPSA) is 93.1 Å². The third-order valence-corrected chi connectivity index (χ3v) is 4.00. The summed E-state index contributed by atoms with van der Waals surface area (Å²) in [5, 5.41) is 9.88. The van der Waals surface area contributed by atoms with Crippen LogP contribution in [-0.2, 0) is 19.1 Å². The highest BCUT2D eigenvalue weighted by Gasteiger charge is 2.45. The Morgan fingerprint density at radius 2 is 1.70 bits per heavy atom. The van der Waals surface area contributed by atoms with Crippen molar-refractivity contribution in [3.05, 3.63) is 35.9 Å². The average Bonchev–Trinajstić information content (AvgIpc) is 2.88. The van der Waals surface area contributed by atoms with Crippen molar-refractivity contribution in [2.24, 2.45) is 5.92 Å². The number of aliphatic hydroxyl groups is 1. The number of carbonyl (C=O) groups is 3. The number of benzene rings is 1. The molecular weight excluding hydrogens is 350 g/mol. The van der Waals surface area contributed by atoms with Crippen LogP contribution in [0.2, 0.25) is 0 Å². The number of hydrogen-bond donors (Lipinski definition) is 1. The van der Waals surface area contributed by atoms with E-state index in [2.05, 4.69) is 0 Å². The lowest BCUT2D eigenvalue weighted by Crippen LogP contribution is -2.43. The van der Waals surface area contributed by atoms with Gasteiger partial charge in [0.05, 0.1) is 13.2 Å². The second-order valence-electron chi connectivity index (χ2n) is 7.42. The predicted octanol–water partition coefficient (Wildman–Crippen LogP) is 2.03. The SMILES string of the molecule is CC(=O)OC(C)(C)C.COC(=O)C1C(C)C(O)CN1C(=O)c1ccccc1. The van der Waals surface area contributed by atoms with Gasteiger partial charge in [-0.15, -0.1) is 0 Å². The Kier molecular flexibility index (Phi) is 7.97. The number of esters is 2. The summed E-state index contributed by atoms with van der Waals surface area (Å²) < 4.78 is 9.52. The molecule has 1 aliphatic heterocycles. The molecule has 1 N–H and O–H groups in total. The lowest BCUT2D eigenvalue weighted by molar-refractivity contribution is -0.152. The molecule has 2 rings (SSSR count). The van der Waals surface area contributed by atoms with Gasteiger partial charge in [-0.05, 0) is 32.9 Å². The minimum Gasteiger partial charge on any atom is -0.467 e. The quantitative estimate of drug-likeness (QED) is 0.791. The van der Waals surface area contributed by atoms with Gasteiger partial charge in [0.2, 0.25) is 0 Å². The third-order valence-electron chi connectivity index (χ3n) is 4.00. The standard InChI is InChI=1S/C14H17NO4.C6H12O2/c1-9-11(16)8-15(12(9)14(18)19-2)13(17)10-6-4-3-5-7-10;1-5(7)8-6(2,3)4/h3-7,9,11-12,16H,8H2,1-2H3;1-4H3. The smallest absolute Gasteiger partial charge is 0.328 e. The highest BCUT2D eigenvalue weighted by Crippen LogP contribution is 2.27. The Labute approximate surface area is 160 Å². The van der Waals surface area contributed by atoms with E-state index in [-0.39, 0.29) is 29.9 Å². The molecule has 1 aliphatic rings. The van der Waals surface area contributed by atoms with Crippen LogP contribution < -0.4 is 0 Å². The molecule has 27 heavy (non-hydrogen) atoms. The maximum Gasteiger partial charge on any atom is 0.328 e. The molecule has 3 atom stereocenters. The van der Waals surface area contributed by atoms with Gasteiger partial charge in [-0.3, -0.25) is 9.59 Å². The van der Waals surface area contributed by atoms with Gasteiger partial charge in [0, 0.05) is 24.9 Å². The van der Waals surface area contributed by atoms with Crippen LogP contribution in [0.5, 0.6) is 0 Å². The molecular formula is C20H29NO6. The molecule has 1 heterocycles. The number of carbonyl (C=O) groups excluding carboxylic acids is 3. The molecule has 3 unspecified atom stereocenters. The summed E-state index contributed by atoms with van der Waals surface area (Å²) >= 11 is 0. The lowest BCUT2D eigenvalue weighted by atomic mass is 10.0. The largest absolute Gasteiger partial charge is 0.467 e. The van der Waals surface area contributed by atoms with Crippen molar-refractivity contribution in [3.63, 3.8) is 0 Å². The minimum absolute atomic E-state index is 0.147. The van der Waals surface area contributed by atoms with Gasteiger partial charge in [-0.25, -0.2) is 4.79 Å². The number of hydrogen-bond acceptors (Lipinski definition) is 6. The second kappa shape index (κ2) is 9.50. The maximum absolute atomic E-state index is 12.4. The fraction of sp³-hybridized carbons (Fsp3) is 0.550. The van der Waals surface area contributed by atoms with Crippen LogP contribution in [-0.4, -0.2) is 59.3 Å². The second-order valence-corrected chi connectivity index (χ2v) is 7.42. The van der Waals surface area contributed by atoms with E-state index in [0.717, 1.165) is 0 Å². The number of aliphatic hydroxyl groups excluding tert-OH is 1. The summed E-state index contributed by atoms with van der Waals surface area (Å²) in [6, 6.07) is 7.98. The van der Waals surface area contributed by atoms with Crippen LogP contribution in [0, 0.1) is 5.92 Å². The van der Waals surface area contributed by atoms with Crippen molar-refractivity contribution >= 4 is 17.8 Å². The molecule has 0 bridgehead atoms. The number of rotatable bonds is 2. The molecule has 0 spiro atoms. The lowest BCUT2D eigenvalue weighted by Gasteiger charge is -2.24. The number of β-amino-alcohol motifs (C(OH)–C–C–N with tert-alkyl or cyclic N) is 1. The van der Waals surface area contributed by atoms with Crippen molar-refractivity contribution in [1.82, 2.24) is 4.90 Å². The van der Waals surface area contributed by atoms with E-state index < -0.39 is 18.1 Å². The Bertz CT molecular complexity index is 652. The summed E-state index contributed by atoms with van der Waals surface area (Å²) in [5.41, 5.74) is 0.170. The summed E-state index contributed by atoms with van der Waals surface area (Å²) in [5.74, 6) is -1.31. The van der Waals surface area contributed by atoms with E-state index in [1.54, 1.807) is 31.2 Å². The van der Waals surface area contributed by atoms with Crippen molar-refractivity contribution in [2.75, 3.05) is 13.7 Å². The molecule has 0 aromatic heterocycles. The number of likely N-dealkylation sites (tertiary alicyclic amines) is 1. The third kappa shape index (κ3) is 6.67. The molecule has 7 nitrogen and oxygen atoms in total. The molecule has 1 fully saturated rings. The Hall–Kier alpha value is -2.41. The van der Waals surface area contributed by atoms with Crippen LogP contribution in [0.3, 0.4) is 0 Å². The summed E-state index contributed by atoms with van der Waals surface area (Å²) in [4.78, 5) is 35.8. The van der Waals surface area contributed by atoms with Crippen molar-refractivity contribution in [3.8, 4) is 0 Å². The van der Waals surface area contributed by atoms with Gasteiger partial charge in [-0.2, -0.15) is 0 Å². The molecule has 1 amide bonds. The van der Waals surface area contributed by atoms with E-state index in [9.17, 15) is 19.5 Å². The van der Waals surface area contributed by atoms with Gasteiger partial charge in [0.15, 0.2) is 0 Å². The van der Waals surface area contributed by atoms with Gasteiger partial charge in [0.1, 0.15) is 11.6 Å². The zero-order valence-corrected chi connectivity index (χ0v) is 16.8. The van der Waals surface area contributed by atoms with Crippen LogP contribution in [0.4, 0.5) is 0 Å². The van der Waals surface area contributed by atoms with Crippen molar-refractivity contribution in [1.29, 1.82) is 0 Å². The molecule has 7 heteroatoms. The predicted molar refractivity (Wildman–Crippen MR) is 100.0 cm³/mol. The maximum atomic E-state index is 12.4. The van der Waals surface area contributed by atoms with Crippen LogP contribution in [0.25, 0.3) is 0 Å². The monoisotopic (exact) mass is 379 g/mol. The minimum atomic E-state index is -0.729. The average molecular weight is 379 g/mol. The first-order chi connectivity index (χ1) is 12.5. The highest BCUT2D eigenvalue weighted by molar-refractivity contribution is 5.97. The molecule has 1 saturated heterocycles. The van der Waals surface area contributed by atoms with Crippen molar-refractivity contribution < 1.29 is 29.0 Å². The van der Waals surface area contributed by atoms with E-state index >= 15 is 0 Å². The molecule has 1 aromatic rings. The summed E-state index contributed by atoms with van der Waals surface area (Å²) in [7, 11) is 1.28. The number of amides is 1. The van der Waals surface area contributed by atoms with E-state index in [1.165, 1.54) is 18.9 Å². The Morgan fingerprint density at radius 1 is 1.15 bits per heavy atom. The Balaban J connectivity index is 0.000000387. The fourth-order valence-corrected chi connectivity index (χ4v) is 2.83. The van der Waals surface area contributed by atoms with Gasteiger partial charge >= 0.3 is 11.9 Å². The van der Waals surface area contributed by atoms with Gasteiger partial charge in [-0.1, -0.05) is 25.1 Å². The molecule has 1 aromatic carbocycles. The Morgan fingerprint density at radius 3 is 2.11 bits per heavy atom. The number of ether oxygens (including phenoxy) is 2. The fourth-order valence-electron chi connectivity index (χ4n) is 2.83. The zero-order chi connectivity index (χ0) is 20.8. The first kappa shape index (κ1) is 22.6. The van der Waals surface area contributed by atoms with E-state index in [1.807, 2.05) is 26.8 Å². The molecule has 0 radical (unpaired) electrons. The van der Waals surface area contributed by atoms with Crippen molar-refractivity contribution in [2.45, 2.75) is 52.4 Å². The molecule has 0 aliphatic carbocycles. The molecule has 0 saturated carbocycles. The highest BCUT2D eigenvalue weighted by atomic mass is 16.6. The van der Waals surface area contributed by atoms with E-state index in [0.29, 0.717) is 5.56 Å². The first-order valence-corrected chi connectivity index (χ1v) is 8.79. The zero-order valence-electron chi connectivity index (χ0n) is 16.8. The van der Waals surface area contributed by atoms with Crippen LogP contribution in [0.1, 0.15) is 45.0 Å². The van der Waals surface area contributed by atoms with Crippen LogP contribution in [0.15, 0.2) is 30.3 Å². The van der Waals surface area contributed by atoms with Crippen LogP contribution >= 0.6 is 0 Å². The number of nitrogens with zero attached hydrogens (tertiary/aromatic N) is 1. The molecule has 150 valence electrons. The van der Waals surface area contributed by atoms with E-state index in [4.69, 9.17) is 9.47 Å². The summed E-state index contributed by atoms with van der Waals surface area (Å²) in [6.45, 7) is 8.82. The first-order valence-electron chi connectivity index (χ1n) is 8.79. The van der Waals surface area contributed by atoms with Gasteiger partial charge in [0.25, 0.3) is 5.91 Å². The summed E-state index contributed by atoms with van der Waals surface area (Å²) in [6.07, 6.45) is -0.711. The number of methoxy groups -OCH3 is 1. The normalized spacial score (nSPS) is 21.7.